The SMILES string of the molecule is CCCc1nn(C)c2c(=O)[nH]c(-c3cc(S(=O)(=O)N4CCN(C)CC4)ccc3OCC)nc12.[NH4+]. The predicted molar refractivity (Wildman–Crippen MR) is 132 cm³/mol. The zero-order valence-corrected chi connectivity index (χ0v) is 21.3. The molecule has 186 valence electrons. The number of aromatic nitrogens is 4. The van der Waals surface area contributed by atoms with Crippen molar-refractivity contribution in [3.05, 3.63) is 34.2 Å². The Morgan fingerprint density at radius 2 is 1.82 bits per heavy atom. The summed E-state index contributed by atoms with van der Waals surface area (Å²) in [7, 11) is -0.00831. The van der Waals surface area contributed by atoms with Gasteiger partial charge in [-0.25, -0.2) is 13.4 Å². The van der Waals surface area contributed by atoms with Crippen LogP contribution in [-0.4, -0.2) is 77.2 Å². The van der Waals surface area contributed by atoms with Gasteiger partial charge in [0.15, 0.2) is 5.52 Å². The number of aromatic amines is 1. The largest absolute Gasteiger partial charge is 0.493 e. The normalized spacial score (nSPS) is 15.4. The summed E-state index contributed by atoms with van der Waals surface area (Å²) in [6, 6.07) is 4.71. The van der Waals surface area contributed by atoms with Gasteiger partial charge in [0.25, 0.3) is 5.56 Å². The number of piperazine rings is 1. The number of nitrogens with one attached hydrogen (secondary N) is 1. The van der Waals surface area contributed by atoms with Gasteiger partial charge in [0.2, 0.25) is 10.0 Å². The second-order valence-electron chi connectivity index (χ2n) is 8.23. The van der Waals surface area contributed by atoms with Crippen LogP contribution >= 0.6 is 0 Å². The fraction of sp³-hybridized carbons (Fsp3) is 0.500. The number of nitrogens with zero attached hydrogens (tertiary/aromatic N) is 5. The Bertz CT molecular complexity index is 1330. The third-order valence-electron chi connectivity index (χ3n) is 5.86. The second kappa shape index (κ2) is 10.2. The summed E-state index contributed by atoms with van der Waals surface area (Å²) >= 11 is 0. The molecule has 0 spiro atoms. The van der Waals surface area contributed by atoms with Crippen molar-refractivity contribution in [2.24, 2.45) is 7.05 Å². The van der Waals surface area contributed by atoms with Crippen molar-refractivity contribution in [1.29, 1.82) is 0 Å². The van der Waals surface area contributed by atoms with Gasteiger partial charge in [-0.1, -0.05) is 13.3 Å². The Hall–Kier alpha value is -2.80. The number of likely N-dealkylation sites (N-methyl/N-ethyl adjacent to an activating group) is 1. The fourth-order valence-electron chi connectivity index (χ4n) is 4.09. The highest BCUT2D eigenvalue weighted by Gasteiger charge is 2.29. The Morgan fingerprint density at radius 3 is 2.47 bits per heavy atom. The number of hydrogen-bond donors (Lipinski definition) is 2. The van der Waals surface area contributed by atoms with E-state index in [2.05, 4.69) is 15.0 Å². The number of fused-ring (bicyclic) bond motifs is 1. The highest BCUT2D eigenvalue weighted by atomic mass is 32.2. The average molecular weight is 493 g/mol. The number of ether oxygens (including phenoxy) is 1. The van der Waals surface area contributed by atoms with E-state index >= 15 is 0 Å². The highest BCUT2D eigenvalue weighted by Crippen LogP contribution is 2.32. The summed E-state index contributed by atoms with van der Waals surface area (Å²) in [5.41, 5.74) is 1.75. The lowest BCUT2D eigenvalue weighted by Gasteiger charge is -2.31. The maximum atomic E-state index is 13.3. The second-order valence-corrected chi connectivity index (χ2v) is 10.2. The van der Waals surface area contributed by atoms with Crippen molar-refractivity contribution in [1.82, 2.24) is 35.1 Å². The van der Waals surface area contributed by atoms with E-state index in [1.54, 1.807) is 25.2 Å². The first-order chi connectivity index (χ1) is 15.8. The minimum atomic E-state index is -3.70. The maximum Gasteiger partial charge on any atom is 0.277 e. The van der Waals surface area contributed by atoms with Gasteiger partial charge in [-0.2, -0.15) is 9.40 Å². The predicted octanol–water partition coefficient (Wildman–Crippen LogP) is 1.99. The zero-order chi connectivity index (χ0) is 23.8. The van der Waals surface area contributed by atoms with Gasteiger partial charge >= 0.3 is 0 Å². The molecule has 0 saturated carbocycles. The number of H-pyrrole nitrogens is 1. The van der Waals surface area contributed by atoms with E-state index < -0.39 is 10.0 Å². The molecule has 2 aromatic heterocycles. The lowest BCUT2D eigenvalue weighted by atomic mass is 10.1. The van der Waals surface area contributed by atoms with Crippen molar-refractivity contribution in [3.8, 4) is 17.1 Å². The maximum absolute atomic E-state index is 13.3. The standard InChI is InChI=1S/C22H30N6O4S.H3N/c1-5-7-17-19-20(27(4)25-17)22(29)24-21(23-19)16-14-15(8-9-18(16)32-6-2)33(30,31)28-12-10-26(3)11-13-28;/h8-9,14H,5-7,10-13H2,1-4H3,(H,23,24,29);1H3/p+1. The van der Waals surface area contributed by atoms with Crippen LogP contribution in [0.4, 0.5) is 0 Å². The molecule has 1 aliphatic heterocycles. The van der Waals surface area contributed by atoms with Gasteiger partial charge in [0, 0.05) is 33.2 Å². The molecule has 34 heavy (non-hydrogen) atoms. The van der Waals surface area contributed by atoms with Crippen molar-refractivity contribution >= 4 is 21.1 Å². The van der Waals surface area contributed by atoms with Gasteiger partial charge in [-0.05, 0) is 38.6 Å². The third-order valence-corrected chi connectivity index (χ3v) is 7.75. The van der Waals surface area contributed by atoms with Crippen molar-refractivity contribution in [2.45, 2.75) is 31.6 Å². The molecule has 0 amide bonds. The number of quaternary nitrogens is 1. The molecular weight excluding hydrogens is 458 g/mol. The highest BCUT2D eigenvalue weighted by molar-refractivity contribution is 7.89. The van der Waals surface area contributed by atoms with E-state index in [1.165, 1.54) is 8.99 Å². The Kier molecular flexibility index (Phi) is 7.76. The molecule has 3 heterocycles. The lowest BCUT2D eigenvalue weighted by Crippen LogP contribution is -2.47. The van der Waals surface area contributed by atoms with Crippen LogP contribution in [0.2, 0.25) is 0 Å². The van der Waals surface area contributed by atoms with Crippen LogP contribution in [0.5, 0.6) is 5.75 Å². The molecule has 0 unspecified atom stereocenters. The number of benzene rings is 1. The first kappa shape index (κ1) is 25.8. The summed E-state index contributed by atoms with van der Waals surface area (Å²) in [5.74, 6) is 0.718. The monoisotopic (exact) mass is 492 g/mol. The quantitative estimate of drug-likeness (QED) is 0.512. The van der Waals surface area contributed by atoms with E-state index in [4.69, 9.17) is 9.72 Å². The Balaban J connectivity index is 0.00000324. The van der Waals surface area contributed by atoms with Crippen molar-refractivity contribution < 1.29 is 13.2 Å². The van der Waals surface area contributed by atoms with Crippen molar-refractivity contribution in [2.75, 3.05) is 39.8 Å². The van der Waals surface area contributed by atoms with Gasteiger partial charge in [-0.15, -0.1) is 0 Å². The Morgan fingerprint density at radius 1 is 1.12 bits per heavy atom. The van der Waals surface area contributed by atoms with Crippen LogP contribution in [0, 0.1) is 0 Å². The first-order valence-electron chi connectivity index (χ1n) is 11.2. The molecule has 3 aromatic rings. The average Bonchev–Trinajstić information content (AvgIpc) is 3.10. The number of hydrogen-bond acceptors (Lipinski definition) is 7. The zero-order valence-electron chi connectivity index (χ0n) is 20.5. The van der Waals surface area contributed by atoms with E-state index in [0.29, 0.717) is 61.6 Å². The third kappa shape index (κ3) is 4.71. The minimum absolute atomic E-state index is 0. The Labute approximate surface area is 199 Å². The van der Waals surface area contributed by atoms with Crippen molar-refractivity contribution in [3.63, 3.8) is 0 Å². The molecule has 1 saturated heterocycles. The molecule has 0 bridgehead atoms. The summed E-state index contributed by atoms with van der Waals surface area (Å²) in [6.07, 6.45) is 1.54. The molecule has 0 radical (unpaired) electrons. The lowest BCUT2D eigenvalue weighted by molar-refractivity contribution is 0.222. The minimum Gasteiger partial charge on any atom is -0.493 e. The van der Waals surface area contributed by atoms with Crippen LogP contribution in [0.25, 0.3) is 22.4 Å². The van der Waals surface area contributed by atoms with E-state index in [9.17, 15) is 13.2 Å². The molecule has 1 aromatic carbocycles. The van der Waals surface area contributed by atoms with Gasteiger partial charge in [0.1, 0.15) is 17.1 Å². The van der Waals surface area contributed by atoms with E-state index in [0.717, 1.165) is 12.1 Å². The van der Waals surface area contributed by atoms with E-state index in [1.807, 2.05) is 20.9 Å². The summed E-state index contributed by atoms with van der Waals surface area (Å²) in [5, 5.41) is 4.45. The van der Waals surface area contributed by atoms with Crippen LogP contribution in [0.1, 0.15) is 26.0 Å². The first-order valence-corrected chi connectivity index (χ1v) is 12.6. The molecule has 1 fully saturated rings. The smallest absolute Gasteiger partial charge is 0.277 e. The molecule has 0 atom stereocenters. The number of aryl methyl sites for hydroxylation is 2. The van der Waals surface area contributed by atoms with Crippen LogP contribution in [-0.2, 0) is 23.5 Å². The summed E-state index contributed by atoms with van der Waals surface area (Å²) in [4.78, 5) is 22.7. The fourth-order valence-corrected chi connectivity index (χ4v) is 5.54. The molecule has 0 aliphatic carbocycles. The number of rotatable bonds is 7. The topological polar surface area (TPSA) is 150 Å². The van der Waals surface area contributed by atoms with Gasteiger partial charge in [0.05, 0.1) is 22.8 Å². The molecule has 11 nitrogen and oxygen atoms in total. The summed E-state index contributed by atoms with van der Waals surface area (Å²) < 4.78 is 35.4. The van der Waals surface area contributed by atoms with Gasteiger partial charge in [-0.3, -0.25) is 9.48 Å². The van der Waals surface area contributed by atoms with E-state index in [-0.39, 0.29) is 22.4 Å². The van der Waals surface area contributed by atoms with Crippen LogP contribution in [0.15, 0.2) is 27.9 Å². The van der Waals surface area contributed by atoms with Crippen LogP contribution in [0.3, 0.4) is 0 Å². The van der Waals surface area contributed by atoms with Crippen LogP contribution < -0.4 is 16.4 Å². The molecule has 4 rings (SSSR count). The molecular formula is C22H34N7O4S+. The van der Waals surface area contributed by atoms with Gasteiger partial charge < -0.3 is 20.8 Å². The molecule has 12 heteroatoms. The number of sulfonamides is 1. The molecule has 5 N–H and O–H groups in total. The molecule has 1 aliphatic rings. The summed E-state index contributed by atoms with van der Waals surface area (Å²) in [6.45, 7) is 6.48.